The third kappa shape index (κ3) is 5.14. The standard InChI is InChI=1S/C21H18ClF2N7O2/c22-16-10-29-19(30-12-21(23,24)15-2-1-4-25-9-15)20(33)31(16)11-17(32)27-7-13-6-14-3-5-26-18(14)28-8-13/h1-6,8-10H,7,11-12H2,(H,26,28)(H,27,32)(H,29,30). The summed E-state index contributed by atoms with van der Waals surface area (Å²) in [5.41, 5.74) is 0.395. The van der Waals surface area contributed by atoms with Crippen molar-refractivity contribution in [1.29, 1.82) is 0 Å². The maximum Gasteiger partial charge on any atom is 0.294 e. The van der Waals surface area contributed by atoms with E-state index in [1.54, 1.807) is 12.4 Å². The van der Waals surface area contributed by atoms with E-state index in [9.17, 15) is 18.4 Å². The van der Waals surface area contributed by atoms with Gasteiger partial charge in [0.1, 0.15) is 17.3 Å². The summed E-state index contributed by atoms with van der Waals surface area (Å²) < 4.78 is 29.7. The van der Waals surface area contributed by atoms with Gasteiger partial charge in [0.25, 0.3) is 11.5 Å². The van der Waals surface area contributed by atoms with Crippen LogP contribution in [0.1, 0.15) is 11.1 Å². The number of pyridine rings is 2. The lowest BCUT2D eigenvalue weighted by atomic mass is 10.1. The summed E-state index contributed by atoms with van der Waals surface area (Å²) in [6.45, 7) is -1.11. The Labute approximate surface area is 190 Å². The smallest absolute Gasteiger partial charge is 0.294 e. The highest BCUT2D eigenvalue weighted by molar-refractivity contribution is 6.29. The summed E-state index contributed by atoms with van der Waals surface area (Å²) in [5.74, 6) is -4.14. The van der Waals surface area contributed by atoms with Crippen molar-refractivity contribution in [2.24, 2.45) is 0 Å². The zero-order chi connectivity index (χ0) is 23.4. The number of aromatic nitrogens is 5. The summed E-state index contributed by atoms with van der Waals surface area (Å²) in [7, 11) is 0. The van der Waals surface area contributed by atoms with Crippen molar-refractivity contribution in [3.05, 3.63) is 81.9 Å². The molecule has 0 radical (unpaired) electrons. The fourth-order valence-corrected chi connectivity index (χ4v) is 3.28. The van der Waals surface area contributed by atoms with Gasteiger partial charge in [-0.3, -0.25) is 19.1 Å². The van der Waals surface area contributed by atoms with Gasteiger partial charge >= 0.3 is 0 Å². The molecule has 4 aromatic rings. The first-order valence-corrected chi connectivity index (χ1v) is 10.2. The van der Waals surface area contributed by atoms with Crippen molar-refractivity contribution < 1.29 is 13.6 Å². The molecule has 1 amide bonds. The van der Waals surface area contributed by atoms with Crippen LogP contribution in [0.2, 0.25) is 5.15 Å². The highest BCUT2D eigenvalue weighted by Gasteiger charge is 2.32. The van der Waals surface area contributed by atoms with Crippen LogP contribution >= 0.6 is 11.6 Å². The Bertz CT molecular complexity index is 1340. The van der Waals surface area contributed by atoms with Crippen LogP contribution in [0.5, 0.6) is 0 Å². The van der Waals surface area contributed by atoms with E-state index in [0.29, 0.717) is 0 Å². The topological polar surface area (TPSA) is 118 Å². The van der Waals surface area contributed by atoms with Crippen molar-refractivity contribution in [3.8, 4) is 0 Å². The molecule has 33 heavy (non-hydrogen) atoms. The molecular weight excluding hydrogens is 456 g/mol. The average molecular weight is 474 g/mol. The van der Waals surface area contributed by atoms with Crippen molar-refractivity contribution >= 4 is 34.4 Å². The molecule has 0 aromatic carbocycles. The van der Waals surface area contributed by atoms with Gasteiger partial charge in [0.05, 0.1) is 12.7 Å². The molecule has 0 aliphatic rings. The lowest BCUT2D eigenvalue weighted by Crippen LogP contribution is -2.35. The molecule has 12 heteroatoms. The number of alkyl halides is 2. The van der Waals surface area contributed by atoms with Crippen molar-refractivity contribution in [1.82, 2.24) is 29.8 Å². The highest BCUT2D eigenvalue weighted by atomic mass is 35.5. The van der Waals surface area contributed by atoms with Crippen molar-refractivity contribution in [2.45, 2.75) is 19.0 Å². The van der Waals surface area contributed by atoms with Crippen LogP contribution in [-0.2, 0) is 23.8 Å². The fourth-order valence-electron chi connectivity index (χ4n) is 3.09. The van der Waals surface area contributed by atoms with E-state index in [0.717, 1.165) is 33.6 Å². The number of halogens is 3. The van der Waals surface area contributed by atoms with E-state index in [4.69, 9.17) is 11.6 Å². The number of aromatic amines is 1. The molecule has 0 saturated carbocycles. The zero-order valence-corrected chi connectivity index (χ0v) is 17.8. The Morgan fingerprint density at radius 3 is 2.85 bits per heavy atom. The summed E-state index contributed by atoms with van der Waals surface area (Å²) in [5, 5.41) is 5.82. The Morgan fingerprint density at radius 2 is 2.06 bits per heavy atom. The molecule has 0 bridgehead atoms. The van der Waals surface area contributed by atoms with E-state index in [1.165, 1.54) is 18.3 Å². The lowest BCUT2D eigenvalue weighted by Gasteiger charge is -2.17. The summed E-state index contributed by atoms with van der Waals surface area (Å²) in [4.78, 5) is 39.8. The number of amides is 1. The molecule has 0 aliphatic carbocycles. The van der Waals surface area contributed by atoms with Gasteiger partial charge in [-0.05, 0) is 29.8 Å². The number of hydrogen-bond donors (Lipinski definition) is 3. The Kier molecular flexibility index (Phi) is 6.31. The van der Waals surface area contributed by atoms with Crippen LogP contribution in [-0.4, -0.2) is 37.0 Å². The van der Waals surface area contributed by atoms with Gasteiger partial charge in [-0.1, -0.05) is 11.6 Å². The second-order valence-electron chi connectivity index (χ2n) is 7.16. The monoisotopic (exact) mass is 473 g/mol. The minimum Gasteiger partial charge on any atom is -0.359 e. The first-order valence-electron chi connectivity index (χ1n) is 9.80. The first-order chi connectivity index (χ1) is 15.8. The van der Waals surface area contributed by atoms with Gasteiger partial charge in [-0.15, -0.1) is 0 Å². The molecule has 0 spiro atoms. The van der Waals surface area contributed by atoms with Gasteiger partial charge in [0.2, 0.25) is 5.91 Å². The van der Waals surface area contributed by atoms with Gasteiger partial charge in [0.15, 0.2) is 5.82 Å². The van der Waals surface area contributed by atoms with E-state index in [1.807, 2.05) is 12.1 Å². The van der Waals surface area contributed by atoms with Crippen LogP contribution in [0.3, 0.4) is 0 Å². The quantitative estimate of drug-likeness (QED) is 0.362. The maximum absolute atomic E-state index is 14.4. The van der Waals surface area contributed by atoms with Crippen LogP contribution < -0.4 is 16.2 Å². The van der Waals surface area contributed by atoms with Crippen LogP contribution in [0.15, 0.2) is 60.0 Å². The Hall–Kier alpha value is -3.86. The number of carbonyl (C=O) groups excluding carboxylic acids is 1. The predicted molar refractivity (Wildman–Crippen MR) is 118 cm³/mol. The number of hydrogen-bond acceptors (Lipinski definition) is 6. The molecule has 3 N–H and O–H groups in total. The molecule has 0 atom stereocenters. The summed E-state index contributed by atoms with van der Waals surface area (Å²) in [6, 6.07) is 6.35. The molecular formula is C21H18ClF2N7O2. The van der Waals surface area contributed by atoms with Crippen molar-refractivity contribution in [2.75, 3.05) is 11.9 Å². The number of anilines is 1. The number of fused-ring (bicyclic) bond motifs is 1. The molecule has 4 aromatic heterocycles. The third-order valence-electron chi connectivity index (χ3n) is 4.82. The van der Waals surface area contributed by atoms with E-state index >= 15 is 0 Å². The van der Waals surface area contributed by atoms with Gasteiger partial charge < -0.3 is 15.6 Å². The second kappa shape index (κ2) is 9.33. The first kappa shape index (κ1) is 22.3. The minimum atomic E-state index is -3.29. The van der Waals surface area contributed by atoms with E-state index in [-0.39, 0.29) is 23.1 Å². The number of rotatable bonds is 8. The van der Waals surface area contributed by atoms with Crippen LogP contribution in [0.25, 0.3) is 11.0 Å². The summed E-state index contributed by atoms with van der Waals surface area (Å²) in [6.07, 6.45) is 6.92. The van der Waals surface area contributed by atoms with Crippen LogP contribution in [0.4, 0.5) is 14.6 Å². The fraction of sp³-hybridized carbons (Fsp3) is 0.190. The number of H-pyrrole nitrogens is 1. The maximum atomic E-state index is 14.4. The molecule has 0 fully saturated rings. The molecule has 0 unspecified atom stereocenters. The zero-order valence-electron chi connectivity index (χ0n) is 17.1. The minimum absolute atomic E-state index is 0.102. The van der Waals surface area contributed by atoms with Gasteiger partial charge in [-0.25, -0.2) is 9.97 Å². The molecule has 170 valence electrons. The molecule has 9 nitrogen and oxygen atoms in total. The van der Waals surface area contributed by atoms with Crippen molar-refractivity contribution in [3.63, 3.8) is 0 Å². The lowest BCUT2D eigenvalue weighted by molar-refractivity contribution is -0.121. The molecule has 4 rings (SSSR count). The van der Waals surface area contributed by atoms with Crippen LogP contribution in [0, 0.1) is 0 Å². The molecule has 0 saturated heterocycles. The molecule has 0 aliphatic heterocycles. The predicted octanol–water partition coefficient (Wildman–Crippen LogP) is 2.69. The van der Waals surface area contributed by atoms with Gasteiger partial charge in [-0.2, -0.15) is 8.78 Å². The Morgan fingerprint density at radius 1 is 1.21 bits per heavy atom. The molecule has 4 heterocycles. The third-order valence-corrected chi connectivity index (χ3v) is 5.12. The van der Waals surface area contributed by atoms with E-state index < -0.39 is 30.5 Å². The normalized spacial score (nSPS) is 11.5. The number of nitrogens with zero attached hydrogens (tertiary/aromatic N) is 4. The van der Waals surface area contributed by atoms with E-state index in [2.05, 4.69) is 30.6 Å². The SMILES string of the molecule is O=C(Cn1c(Cl)cnc(NCC(F)(F)c2cccnc2)c1=O)NCc1cnc2[nH]ccc2c1. The Balaban J connectivity index is 1.41. The summed E-state index contributed by atoms with van der Waals surface area (Å²) >= 11 is 6.02. The highest BCUT2D eigenvalue weighted by Crippen LogP contribution is 2.27. The van der Waals surface area contributed by atoms with Gasteiger partial charge in [0, 0.05) is 42.3 Å². The number of carbonyl (C=O) groups is 1. The number of nitrogens with one attached hydrogen (secondary N) is 3. The average Bonchev–Trinajstić information content (AvgIpc) is 3.28. The largest absolute Gasteiger partial charge is 0.359 e. The second-order valence-corrected chi connectivity index (χ2v) is 7.54.